The summed E-state index contributed by atoms with van der Waals surface area (Å²) in [6, 6.07) is 1.56. The van der Waals surface area contributed by atoms with Gasteiger partial charge in [-0.05, 0) is 26.8 Å². The van der Waals surface area contributed by atoms with Crippen molar-refractivity contribution in [2.75, 3.05) is 0 Å². The normalized spacial score (nSPS) is 16.3. The lowest BCUT2D eigenvalue weighted by molar-refractivity contribution is 0.0567. The lowest BCUT2D eigenvalue weighted by atomic mass is 10.00. The van der Waals surface area contributed by atoms with Gasteiger partial charge >= 0.3 is 0 Å². The van der Waals surface area contributed by atoms with Crippen molar-refractivity contribution in [2.24, 2.45) is 5.73 Å². The number of hydrogen-bond donors (Lipinski definition) is 1. The zero-order chi connectivity index (χ0) is 10.9. The first-order chi connectivity index (χ1) is 6.37. The number of aromatic nitrogens is 2. The van der Waals surface area contributed by atoms with E-state index >= 15 is 0 Å². The molecule has 1 aromatic rings. The third-order valence-corrected chi connectivity index (χ3v) is 2.16. The molecule has 0 aliphatic heterocycles. The van der Waals surface area contributed by atoms with Crippen LogP contribution < -0.4 is 5.73 Å². The van der Waals surface area contributed by atoms with E-state index in [-0.39, 0.29) is 6.04 Å². The monoisotopic (exact) mass is 203 g/mol. The van der Waals surface area contributed by atoms with Gasteiger partial charge in [0.2, 0.25) is 0 Å². The van der Waals surface area contributed by atoms with E-state index in [1.807, 2.05) is 13.8 Å². The average Bonchev–Trinajstić information content (AvgIpc) is 2.51. The van der Waals surface area contributed by atoms with Gasteiger partial charge in [0.25, 0.3) is 6.43 Å². The predicted molar refractivity (Wildman–Crippen MR) is 50.2 cm³/mol. The molecule has 1 unspecified atom stereocenters. The average molecular weight is 203 g/mol. The number of nitrogens with zero attached hydrogens (tertiary/aromatic N) is 2. The molecule has 14 heavy (non-hydrogen) atoms. The van der Waals surface area contributed by atoms with E-state index in [1.165, 1.54) is 23.9 Å². The van der Waals surface area contributed by atoms with E-state index in [4.69, 9.17) is 5.73 Å². The van der Waals surface area contributed by atoms with Gasteiger partial charge in [-0.25, -0.2) is 8.78 Å². The first-order valence-electron chi connectivity index (χ1n) is 4.48. The minimum atomic E-state index is -2.60. The van der Waals surface area contributed by atoms with Crippen LogP contribution in [0.15, 0.2) is 12.3 Å². The fourth-order valence-corrected chi connectivity index (χ4v) is 1.26. The lowest BCUT2D eigenvalue weighted by Gasteiger charge is -2.25. The maximum atomic E-state index is 12.7. The third kappa shape index (κ3) is 1.77. The molecule has 0 amide bonds. The highest BCUT2D eigenvalue weighted by molar-refractivity contribution is 5.14. The van der Waals surface area contributed by atoms with E-state index in [0.717, 1.165) is 0 Å². The molecule has 0 saturated heterocycles. The summed E-state index contributed by atoms with van der Waals surface area (Å²) in [5.74, 6) is 0. The maximum absolute atomic E-state index is 12.7. The molecule has 2 N–H and O–H groups in total. The molecule has 0 aliphatic carbocycles. The Bertz CT molecular complexity index is 305. The van der Waals surface area contributed by atoms with E-state index in [2.05, 4.69) is 5.10 Å². The molecule has 0 radical (unpaired) electrons. The molecule has 0 saturated carbocycles. The Morgan fingerprint density at radius 3 is 2.50 bits per heavy atom. The molecule has 0 bridgehead atoms. The van der Waals surface area contributed by atoms with Gasteiger partial charge in [0.05, 0.1) is 5.69 Å². The Morgan fingerprint density at radius 2 is 2.07 bits per heavy atom. The van der Waals surface area contributed by atoms with Crippen molar-refractivity contribution in [2.45, 2.75) is 38.8 Å². The van der Waals surface area contributed by atoms with Crippen LogP contribution in [0.2, 0.25) is 0 Å². The molecule has 0 spiro atoms. The van der Waals surface area contributed by atoms with Crippen molar-refractivity contribution in [1.29, 1.82) is 0 Å². The smallest absolute Gasteiger partial charge is 0.261 e. The number of rotatable bonds is 3. The van der Waals surface area contributed by atoms with Crippen LogP contribution in [0.25, 0.3) is 0 Å². The number of alkyl halides is 2. The highest BCUT2D eigenvalue weighted by Crippen LogP contribution is 2.26. The molecular weight excluding hydrogens is 188 g/mol. The summed E-state index contributed by atoms with van der Waals surface area (Å²) in [5, 5.41) is 3.97. The summed E-state index contributed by atoms with van der Waals surface area (Å²) >= 11 is 0. The van der Waals surface area contributed by atoms with Gasteiger partial charge < -0.3 is 5.73 Å². The first kappa shape index (κ1) is 11.1. The molecule has 1 rings (SSSR count). The standard InChI is InChI=1S/C9H15F2N3/c1-6(2)14-7(4-5-13-14)9(3,12)8(10)11/h4-6,8H,12H2,1-3H3. The minimum Gasteiger partial charge on any atom is -0.316 e. The summed E-state index contributed by atoms with van der Waals surface area (Å²) < 4.78 is 26.8. The maximum Gasteiger partial charge on any atom is 0.261 e. The van der Waals surface area contributed by atoms with Crippen LogP contribution in [-0.4, -0.2) is 16.2 Å². The molecule has 80 valence electrons. The molecule has 1 atom stereocenters. The van der Waals surface area contributed by atoms with Crippen LogP contribution in [-0.2, 0) is 5.54 Å². The van der Waals surface area contributed by atoms with Gasteiger partial charge in [0.1, 0.15) is 5.54 Å². The fraction of sp³-hybridized carbons (Fsp3) is 0.667. The highest BCUT2D eigenvalue weighted by Gasteiger charge is 2.35. The predicted octanol–water partition coefficient (Wildman–Crippen LogP) is 1.90. The Kier molecular flexibility index (Phi) is 2.89. The van der Waals surface area contributed by atoms with Crippen molar-refractivity contribution >= 4 is 0 Å². The van der Waals surface area contributed by atoms with Crippen molar-refractivity contribution < 1.29 is 8.78 Å². The summed E-state index contributed by atoms with van der Waals surface area (Å²) in [7, 11) is 0. The van der Waals surface area contributed by atoms with Crippen molar-refractivity contribution in [3.05, 3.63) is 18.0 Å². The molecule has 0 fully saturated rings. The largest absolute Gasteiger partial charge is 0.316 e. The summed E-state index contributed by atoms with van der Waals surface area (Å²) in [4.78, 5) is 0. The van der Waals surface area contributed by atoms with Crippen LogP contribution in [0.4, 0.5) is 8.78 Å². The SMILES string of the molecule is CC(C)n1nccc1C(C)(N)C(F)F. The first-order valence-corrected chi connectivity index (χ1v) is 4.48. The van der Waals surface area contributed by atoms with Crippen LogP contribution in [0.5, 0.6) is 0 Å². The van der Waals surface area contributed by atoms with Gasteiger partial charge in [0.15, 0.2) is 0 Å². The summed E-state index contributed by atoms with van der Waals surface area (Å²) in [6.07, 6.45) is -1.11. The Hall–Kier alpha value is -0.970. The zero-order valence-corrected chi connectivity index (χ0v) is 8.54. The van der Waals surface area contributed by atoms with Crippen molar-refractivity contribution in [3.63, 3.8) is 0 Å². The molecule has 1 heterocycles. The van der Waals surface area contributed by atoms with E-state index in [1.54, 1.807) is 0 Å². The topological polar surface area (TPSA) is 43.8 Å². The van der Waals surface area contributed by atoms with Gasteiger partial charge in [-0.3, -0.25) is 4.68 Å². The minimum absolute atomic E-state index is 0.0293. The van der Waals surface area contributed by atoms with Gasteiger partial charge in [0, 0.05) is 12.2 Å². The third-order valence-electron chi connectivity index (χ3n) is 2.16. The second-order valence-corrected chi connectivity index (χ2v) is 3.84. The van der Waals surface area contributed by atoms with Crippen LogP contribution >= 0.6 is 0 Å². The van der Waals surface area contributed by atoms with Crippen LogP contribution in [0, 0.1) is 0 Å². The molecule has 0 aliphatic rings. The van der Waals surface area contributed by atoms with Gasteiger partial charge in [-0.2, -0.15) is 5.10 Å². The second-order valence-electron chi connectivity index (χ2n) is 3.84. The van der Waals surface area contributed by atoms with Crippen LogP contribution in [0.1, 0.15) is 32.5 Å². The molecule has 5 heteroatoms. The van der Waals surface area contributed by atoms with Crippen molar-refractivity contribution in [3.8, 4) is 0 Å². The van der Waals surface area contributed by atoms with E-state index in [0.29, 0.717) is 5.69 Å². The van der Waals surface area contributed by atoms with Gasteiger partial charge in [-0.1, -0.05) is 0 Å². The summed E-state index contributed by atoms with van der Waals surface area (Å²) in [5.41, 5.74) is 4.28. The number of halogens is 2. The highest BCUT2D eigenvalue weighted by atomic mass is 19.3. The van der Waals surface area contributed by atoms with Crippen molar-refractivity contribution in [1.82, 2.24) is 9.78 Å². The number of nitrogens with two attached hydrogens (primary N) is 1. The molecular formula is C9H15F2N3. The zero-order valence-electron chi connectivity index (χ0n) is 8.54. The lowest BCUT2D eigenvalue weighted by Crippen LogP contribution is -2.42. The number of hydrogen-bond acceptors (Lipinski definition) is 2. The van der Waals surface area contributed by atoms with E-state index < -0.39 is 12.0 Å². The Morgan fingerprint density at radius 1 is 1.50 bits per heavy atom. The fourth-order valence-electron chi connectivity index (χ4n) is 1.26. The van der Waals surface area contributed by atoms with E-state index in [9.17, 15) is 8.78 Å². The quantitative estimate of drug-likeness (QED) is 0.815. The van der Waals surface area contributed by atoms with Gasteiger partial charge in [-0.15, -0.1) is 0 Å². The second kappa shape index (κ2) is 3.65. The molecule has 1 aromatic heterocycles. The molecule has 0 aromatic carbocycles. The Balaban J connectivity index is 3.12. The summed E-state index contributed by atoms with van der Waals surface area (Å²) in [6.45, 7) is 5.06. The Labute approximate surface area is 81.9 Å². The molecule has 3 nitrogen and oxygen atoms in total. The van der Waals surface area contributed by atoms with Crippen LogP contribution in [0.3, 0.4) is 0 Å².